The second-order valence-electron chi connectivity index (χ2n) is 17.9. The number of esters is 1. The van der Waals surface area contributed by atoms with E-state index in [2.05, 4.69) is 95.5 Å². The summed E-state index contributed by atoms with van der Waals surface area (Å²) < 4.78 is 6.19. The molecule has 316 valence electrons. The molecule has 0 aliphatic rings. The maximum Gasteiger partial charge on any atom is 0.306 e. The van der Waals surface area contributed by atoms with Gasteiger partial charge in [-0.2, -0.15) is 0 Å². The van der Waals surface area contributed by atoms with Crippen LogP contribution in [0.1, 0.15) is 208 Å². The largest absolute Gasteiger partial charge is 0.462 e. The van der Waals surface area contributed by atoms with E-state index in [4.69, 9.17) is 4.74 Å². The Kier molecular flexibility index (Phi) is 32.8. The zero-order chi connectivity index (χ0) is 40.3. The molecular formula is C47H89N3O4. The van der Waals surface area contributed by atoms with Gasteiger partial charge in [0.05, 0.1) is 6.42 Å². The third-order valence-corrected chi connectivity index (χ3v) is 10.1. The number of nitrogens with zero attached hydrogens (tertiary/aromatic N) is 1. The number of hydrogen-bond donors (Lipinski definition) is 2. The van der Waals surface area contributed by atoms with Crippen LogP contribution in [-0.4, -0.2) is 62.5 Å². The second kappa shape index (κ2) is 34.1. The molecule has 2 N–H and O–H groups in total. The molecule has 0 fully saturated rings. The summed E-state index contributed by atoms with van der Waals surface area (Å²) in [7, 11) is 4.21. The second-order valence-corrected chi connectivity index (χ2v) is 17.9. The highest BCUT2D eigenvalue weighted by atomic mass is 16.5. The van der Waals surface area contributed by atoms with Gasteiger partial charge in [0.15, 0.2) is 0 Å². The van der Waals surface area contributed by atoms with Crippen molar-refractivity contribution in [3.05, 3.63) is 24.3 Å². The van der Waals surface area contributed by atoms with Gasteiger partial charge in [0.1, 0.15) is 6.10 Å². The number of allylic oxidation sites excluding steroid dienone is 2. The van der Waals surface area contributed by atoms with Crippen molar-refractivity contribution in [3.63, 3.8) is 0 Å². The zero-order valence-corrected chi connectivity index (χ0v) is 37.0. The van der Waals surface area contributed by atoms with Crippen molar-refractivity contribution in [2.75, 3.05) is 33.7 Å². The number of amides is 2. The molecule has 0 atom stereocenters. The summed E-state index contributed by atoms with van der Waals surface area (Å²) in [5.41, 5.74) is -0.0158. The SMILES string of the molecule is CCCCCC/C=C\CNC(=O)CCCCCCCC(CCCCCCCC(=O)NC/C=C\CCCCCC)OC(=O)CC(C)(C)CC(C)(C)CN(C)C. The Morgan fingerprint density at radius 3 is 1.44 bits per heavy atom. The van der Waals surface area contributed by atoms with Crippen LogP contribution in [0.4, 0.5) is 0 Å². The molecular weight excluding hydrogens is 671 g/mol. The number of nitrogens with one attached hydrogen (secondary N) is 2. The molecule has 0 aliphatic heterocycles. The van der Waals surface area contributed by atoms with Crippen molar-refractivity contribution in [3.8, 4) is 0 Å². The predicted octanol–water partition coefficient (Wildman–Crippen LogP) is 12.0. The fourth-order valence-electron chi connectivity index (χ4n) is 7.83. The first-order valence-corrected chi connectivity index (χ1v) is 22.5. The Morgan fingerprint density at radius 2 is 1.00 bits per heavy atom. The molecule has 0 spiro atoms. The standard InChI is InChI=1S/C47H89N3O4/c1-9-11-13-15-17-25-31-37-48-43(51)35-29-23-19-21-27-33-42(54-45(53)39-46(3,4)40-47(5,6)41-50(7)8)34-28-22-20-24-30-36-44(52)49-38-32-26-18-16-14-12-10-2/h25-26,31-32,42H,9-24,27-30,33-41H2,1-8H3,(H,48,51)(H,49,52)/b31-25-,32-26-. The van der Waals surface area contributed by atoms with Crippen LogP contribution in [0.25, 0.3) is 0 Å². The summed E-state index contributed by atoms with van der Waals surface area (Å²) >= 11 is 0. The molecule has 0 aromatic heterocycles. The molecule has 0 rings (SSSR count). The molecule has 7 nitrogen and oxygen atoms in total. The quantitative estimate of drug-likeness (QED) is 0.0374. The lowest BCUT2D eigenvalue weighted by molar-refractivity contribution is -0.152. The van der Waals surface area contributed by atoms with E-state index in [0.29, 0.717) is 32.4 Å². The molecule has 0 aliphatic carbocycles. The summed E-state index contributed by atoms with van der Waals surface area (Å²) in [4.78, 5) is 39.9. The topological polar surface area (TPSA) is 87.7 Å². The van der Waals surface area contributed by atoms with Gasteiger partial charge in [-0.15, -0.1) is 0 Å². The first-order chi connectivity index (χ1) is 25.8. The van der Waals surface area contributed by atoms with Crippen LogP contribution in [0.3, 0.4) is 0 Å². The monoisotopic (exact) mass is 760 g/mol. The fraction of sp³-hybridized carbons (Fsp3) is 0.851. The van der Waals surface area contributed by atoms with Crippen molar-refractivity contribution in [2.45, 2.75) is 215 Å². The van der Waals surface area contributed by atoms with E-state index >= 15 is 0 Å². The molecule has 0 radical (unpaired) electrons. The van der Waals surface area contributed by atoms with Gasteiger partial charge in [-0.25, -0.2) is 0 Å². The summed E-state index contributed by atoms with van der Waals surface area (Å²) in [6, 6.07) is 0. The van der Waals surface area contributed by atoms with E-state index in [-0.39, 0.29) is 34.7 Å². The van der Waals surface area contributed by atoms with E-state index in [0.717, 1.165) is 103 Å². The molecule has 0 saturated heterocycles. The Bertz CT molecular complexity index is 935. The molecule has 0 aromatic carbocycles. The van der Waals surface area contributed by atoms with Gasteiger partial charge in [0.2, 0.25) is 11.8 Å². The molecule has 0 bridgehead atoms. The summed E-state index contributed by atoms with van der Waals surface area (Å²) in [6.07, 6.45) is 35.6. The average Bonchev–Trinajstić information content (AvgIpc) is 3.08. The fourth-order valence-corrected chi connectivity index (χ4v) is 7.83. The predicted molar refractivity (Wildman–Crippen MR) is 232 cm³/mol. The number of carbonyl (C=O) groups excluding carboxylic acids is 3. The molecule has 54 heavy (non-hydrogen) atoms. The average molecular weight is 760 g/mol. The van der Waals surface area contributed by atoms with E-state index in [9.17, 15) is 14.4 Å². The number of ether oxygens (including phenoxy) is 1. The normalized spacial score (nSPS) is 12.4. The smallest absolute Gasteiger partial charge is 0.306 e. The Morgan fingerprint density at radius 1 is 0.574 bits per heavy atom. The summed E-state index contributed by atoms with van der Waals surface area (Å²) in [5.74, 6) is 0.218. The van der Waals surface area contributed by atoms with Gasteiger partial charge >= 0.3 is 5.97 Å². The molecule has 0 unspecified atom stereocenters. The van der Waals surface area contributed by atoms with Gasteiger partial charge in [0, 0.05) is 32.5 Å². The van der Waals surface area contributed by atoms with Crippen LogP contribution < -0.4 is 10.6 Å². The lowest BCUT2D eigenvalue weighted by Gasteiger charge is -2.36. The minimum Gasteiger partial charge on any atom is -0.462 e. The van der Waals surface area contributed by atoms with Crippen molar-refractivity contribution in [1.82, 2.24) is 15.5 Å². The van der Waals surface area contributed by atoms with E-state index in [1.165, 1.54) is 51.4 Å². The van der Waals surface area contributed by atoms with E-state index in [1.807, 2.05) is 0 Å². The zero-order valence-electron chi connectivity index (χ0n) is 37.0. The van der Waals surface area contributed by atoms with Crippen molar-refractivity contribution < 1.29 is 19.1 Å². The Labute approximate surface area is 335 Å². The first kappa shape index (κ1) is 51.9. The van der Waals surface area contributed by atoms with E-state index in [1.54, 1.807) is 0 Å². The highest BCUT2D eigenvalue weighted by Crippen LogP contribution is 2.37. The van der Waals surface area contributed by atoms with Gasteiger partial charge in [-0.05, 0) is 95.6 Å². The van der Waals surface area contributed by atoms with Crippen LogP contribution in [-0.2, 0) is 19.1 Å². The summed E-state index contributed by atoms with van der Waals surface area (Å²) in [5, 5.41) is 6.03. The Balaban J connectivity index is 4.57. The van der Waals surface area contributed by atoms with Crippen molar-refractivity contribution >= 4 is 17.8 Å². The Hall–Kier alpha value is -2.15. The molecule has 0 saturated carbocycles. The number of hydrogen-bond acceptors (Lipinski definition) is 5. The molecule has 0 heterocycles. The third kappa shape index (κ3) is 35.5. The molecule has 2 amide bonds. The van der Waals surface area contributed by atoms with Gasteiger partial charge in [0.25, 0.3) is 0 Å². The molecule has 0 aromatic rings. The molecule has 7 heteroatoms. The maximum absolute atomic E-state index is 13.3. The third-order valence-electron chi connectivity index (χ3n) is 10.1. The van der Waals surface area contributed by atoms with Gasteiger partial charge in [-0.3, -0.25) is 14.4 Å². The number of carbonyl (C=O) groups is 3. The van der Waals surface area contributed by atoms with Gasteiger partial charge in [-0.1, -0.05) is 143 Å². The highest BCUT2D eigenvalue weighted by molar-refractivity contribution is 5.76. The van der Waals surface area contributed by atoms with Crippen LogP contribution in [0, 0.1) is 10.8 Å². The van der Waals surface area contributed by atoms with Crippen LogP contribution in [0.2, 0.25) is 0 Å². The van der Waals surface area contributed by atoms with Crippen LogP contribution >= 0.6 is 0 Å². The first-order valence-electron chi connectivity index (χ1n) is 22.5. The summed E-state index contributed by atoms with van der Waals surface area (Å²) in [6.45, 7) is 15.7. The minimum atomic E-state index is -0.130. The lowest BCUT2D eigenvalue weighted by Crippen LogP contribution is -2.34. The van der Waals surface area contributed by atoms with Crippen LogP contribution in [0.5, 0.6) is 0 Å². The highest BCUT2D eigenvalue weighted by Gasteiger charge is 2.32. The number of unbranched alkanes of at least 4 members (excludes halogenated alkanes) is 16. The van der Waals surface area contributed by atoms with Crippen molar-refractivity contribution in [2.24, 2.45) is 10.8 Å². The number of rotatable bonds is 37. The van der Waals surface area contributed by atoms with Crippen molar-refractivity contribution in [1.29, 1.82) is 0 Å². The lowest BCUT2D eigenvalue weighted by atomic mass is 9.73. The van der Waals surface area contributed by atoms with Gasteiger partial charge < -0.3 is 20.3 Å². The maximum atomic E-state index is 13.3. The minimum absolute atomic E-state index is 0.0426. The van der Waals surface area contributed by atoms with E-state index < -0.39 is 0 Å². The van der Waals surface area contributed by atoms with Crippen LogP contribution in [0.15, 0.2) is 24.3 Å².